The molecule has 21 heavy (non-hydrogen) atoms. The highest BCUT2D eigenvalue weighted by Gasteiger charge is 2.47. The quantitative estimate of drug-likeness (QED) is 0.780. The molecule has 126 valence electrons. The molecular weight excluding hydrogens is 331 g/mol. The summed E-state index contributed by atoms with van der Waals surface area (Å²) in [6.07, 6.45) is 2.35. The minimum Gasteiger partial charge on any atom is -0.763 e. The third kappa shape index (κ3) is 4.56. The van der Waals surface area contributed by atoms with Gasteiger partial charge in [-0.25, -0.2) is 0 Å². The molecule has 0 aromatic heterocycles. The molecule has 0 amide bonds. The SMILES string of the molecule is CCC(C)C1CCC(S(=O)([O-])=NS(=O)(=O)C(F)(F)F)CC1. The summed E-state index contributed by atoms with van der Waals surface area (Å²) in [6, 6.07) is 0. The third-order valence-corrected chi connectivity index (χ3v) is 7.60. The Morgan fingerprint density at radius 1 is 1.19 bits per heavy atom. The molecule has 2 atom stereocenters. The van der Waals surface area contributed by atoms with Gasteiger partial charge in [0.2, 0.25) is 0 Å². The highest BCUT2D eigenvalue weighted by Crippen LogP contribution is 2.35. The normalized spacial score (nSPS) is 28.7. The first-order valence-electron chi connectivity index (χ1n) is 6.70. The van der Waals surface area contributed by atoms with Gasteiger partial charge in [-0.2, -0.15) is 21.6 Å². The summed E-state index contributed by atoms with van der Waals surface area (Å²) in [7, 11) is -10.7. The number of halogens is 3. The second kappa shape index (κ2) is 6.41. The molecule has 0 heterocycles. The molecular formula is C11H19F3NO4S2-. The zero-order chi connectivity index (χ0) is 16.5. The summed E-state index contributed by atoms with van der Waals surface area (Å²) in [5, 5.41) is -1.14. The van der Waals surface area contributed by atoms with Gasteiger partial charge in [0.15, 0.2) is 0 Å². The van der Waals surface area contributed by atoms with E-state index in [-0.39, 0.29) is 12.8 Å². The zero-order valence-corrected chi connectivity index (χ0v) is 13.4. The van der Waals surface area contributed by atoms with Crippen LogP contribution in [0.15, 0.2) is 3.77 Å². The molecule has 1 saturated carbocycles. The lowest BCUT2D eigenvalue weighted by Crippen LogP contribution is -2.31. The van der Waals surface area contributed by atoms with Crippen LogP contribution in [0, 0.1) is 11.8 Å². The molecule has 0 aromatic rings. The summed E-state index contributed by atoms with van der Waals surface area (Å²) in [5.74, 6) is 0.727. The topological polar surface area (TPSA) is 86.6 Å². The van der Waals surface area contributed by atoms with E-state index in [0.717, 1.165) is 6.42 Å². The van der Waals surface area contributed by atoms with Crippen LogP contribution in [0.25, 0.3) is 0 Å². The minimum atomic E-state index is -6.00. The Balaban J connectivity index is 2.90. The minimum absolute atomic E-state index is 0.147. The van der Waals surface area contributed by atoms with Crippen LogP contribution in [0.1, 0.15) is 46.0 Å². The maximum Gasteiger partial charge on any atom is 0.519 e. The molecule has 0 spiro atoms. The Morgan fingerprint density at radius 3 is 2.05 bits per heavy atom. The van der Waals surface area contributed by atoms with Gasteiger partial charge in [0.1, 0.15) is 0 Å². The smallest absolute Gasteiger partial charge is 0.519 e. The van der Waals surface area contributed by atoms with Crippen molar-refractivity contribution >= 4 is 20.0 Å². The van der Waals surface area contributed by atoms with E-state index in [1.54, 1.807) is 0 Å². The van der Waals surface area contributed by atoms with E-state index in [1.807, 2.05) is 13.8 Å². The maximum absolute atomic E-state index is 12.2. The molecule has 1 aliphatic rings. The van der Waals surface area contributed by atoms with Gasteiger partial charge < -0.3 is 4.55 Å². The molecule has 0 bridgehead atoms. The van der Waals surface area contributed by atoms with Gasteiger partial charge in [0, 0.05) is 15.3 Å². The van der Waals surface area contributed by atoms with Crippen LogP contribution in [0.5, 0.6) is 0 Å². The van der Waals surface area contributed by atoms with Gasteiger partial charge in [-0.05, 0) is 37.5 Å². The molecule has 0 aromatic carbocycles. The first-order chi connectivity index (χ1) is 9.40. The number of alkyl halides is 3. The van der Waals surface area contributed by atoms with E-state index in [0.29, 0.717) is 24.7 Å². The summed E-state index contributed by atoms with van der Waals surface area (Å²) >= 11 is 0. The van der Waals surface area contributed by atoms with Gasteiger partial charge in [-0.15, -0.1) is 3.77 Å². The van der Waals surface area contributed by atoms with Crippen molar-refractivity contribution in [2.75, 3.05) is 0 Å². The molecule has 1 rings (SSSR count). The number of rotatable bonds is 4. The number of hydrogen-bond acceptors (Lipinski definition) is 4. The second-order valence-electron chi connectivity index (χ2n) is 5.43. The van der Waals surface area contributed by atoms with E-state index in [2.05, 4.69) is 3.77 Å². The van der Waals surface area contributed by atoms with Crippen LogP contribution >= 0.6 is 0 Å². The fraction of sp³-hybridized carbons (Fsp3) is 1.00. The van der Waals surface area contributed by atoms with Gasteiger partial charge in [-0.3, -0.25) is 4.21 Å². The summed E-state index contributed by atoms with van der Waals surface area (Å²) < 4.78 is 84.0. The van der Waals surface area contributed by atoms with E-state index in [4.69, 9.17) is 0 Å². The Labute approximate surface area is 123 Å². The van der Waals surface area contributed by atoms with E-state index in [9.17, 15) is 30.4 Å². The van der Waals surface area contributed by atoms with Crippen LogP contribution in [0.2, 0.25) is 0 Å². The monoisotopic (exact) mass is 350 g/mol. The molecule has 5 nitrogen and oxygen atoms in total. The number of hydrogen-bond donors (Lipinski definition) is 0. The molecule has 0 radical (unpaired) electrons. The molecule has 0 N–H and O–H groups in total. The molecule has 0 aliphatic heterocycles. The van der Waals surface area contributed by atoms with Crippen LogP contribution < -0.4 is 0 Å². The lowest BCUT2D eigenvalue weighted by Gasteiger charge is -2.34. The summed E-state index contributed by atoms with van der Waals surface area (Å²) in [4.78, 5) is 0. The molecule has 0 saturated heterocycles. The fourth-order valence-corrected chi connectivity index (χ4v) is 5.32. The van der Waals surface area contributed by atoms with Gasteiger partial charge in [-0.1, -0.05) is 20.3 Å². The first kappa shape index (κ1) is 18.7. The highest BCUT2D eigenvalue weighted by atomic mass is 32.3. The lowest BCUT2D eigenvalue weighted by atomic mass is 9.80. The molecule has 1 fully saturated rings. The van der Waals surface area contributed by atoms with Crippen molar-refractivity contribution in [3.8, 4) is 0 Å². The average Bonchev–Trinajstić information content (AvgIpc) is 2.35. The van der Waals surface area contributed by atoms with Crippen LogP contribution in [-0.2, 0) is 20.0 Å². The molecule has 1 aliphatic carbocycles. The Bertz CT molecular complexity index is 571. The van der Waals surface area contributed by atoms with Crippen molar-refractivity contribution in [1.29, 1.82) is 0 Å². The van der Waals surface area contributed by atoms with E-state index >= 15 is 0 Å². The van der Waals surface area contributed by atoms with Gasteiger partial charge in [0.25, 0.3) is 0 Å². The van der Waals surface area contributed by atoms with Crippen molar-refractivity contribution in [3.63, 3.8) is 0 Å². The summed E-state index contributed by atoms with van der Waals surface area (Å²) in [6.45, 7) is 4.05. The largest absolute Gasteiger partial charge is 0.763 e. The van der Waals surface area contributed by atoms with E-state index in [1.165, 1.54) is 0 Å². The predicted octanol–water partition coefficient (Wildman–Crippen LogP) is 3.04. The number of sulfonamides is 1. The van der Waals surface area contributed by atoms with E-state index < -0.39 is 30.8 Å². The average molecular weight is 350 g/mol. The van der Waals surface area contributed by atoms with Crippen LogP contribution in [-0.4, -0.2) is 27.9 Å². The number of nitrogens with zero attached hydrogens (tertiary/aromatic N) is 1. The van der Waals surface area contributed by atoms with Gasteiger partial charge >= 0.3 is 15.5 Å². The predicted molar refractivity (Wildman–Crippen MR) is 71.5 cm³/mol. The Hall–Kier alpha value is -0.350. The van der Waals surface area contributed by atoms with Crippen molar-refractivity contribution in [1.82, 2.24) is 0 Å². The van der Waals surface area contributed by atoms with Crippen LogP contribution in [0.3, 0.4) is 0 Å². The molecule has 2 unspecified atom stereocenters. The maximum atomic E-state index is 12.2. The summed E-state index contributed by atoms with van der Waals surface area (Å²) in [5.41, 5.74) is -5.69. The van der Waals surface area contributed by atoms with Crippen molar-refractivity contribution < 1.29 is 30.4 Å². The van der Waals surface area contributed by atoms with Crippen molar-refractivity contribution in [3.05, 3.63) is 0 Å². The first-order valence-corrected chi connectivity index (χ1v) is 9.64. The van der Waals surface area contributed by atoms with Crippen molar-refractivity contribution in [2.45, 2.75) is 56.7 Å². The Kier molecular flexibility index (Phi) is 5.71. The van der Waals surface area contributed by atoms with Crippen molar-refractivity contribution in [2.24, 2.45) is 15.6 Å². The second-order valence-corrected chi connectivity index (χ2v) is 9.14. The zero-order valence-electron chi connectivity index (χ0n) is 11.8. The van der Waals surface area contributed by atoms with Gasteiger partial charge in [0.05, 0.1) is 0 Å². The highest BCUT2D eigenvalue weighted by molar-refractivity contribution is 8.01. The Morgan fingerprint density at radius 2 is 1.67 bits per heavy atom. The standard InChI is InChI=1S/C11H20F3NO4S2/c1-3-8(2)9-4-6-10(7-5-9)20(16,17)15-21(18,19)11(12,13)14/h8-10H,3-7H2,1-2H3,(H,15,16,17)/p-1. The lowest BCUT2D eigenvalue weighted by molar-refractivity contribution is -0.0435. The van der Waals surface area contributed by atoms with Crippen LogP contribution in [0.4, 0.5) is 13.2 Å². The fourth-order valence-electron chi connectivity index (χ4n) is 2.53. The third-order valence-electron chi connectivity index (χ3n) is 4.08. The molecule has 10 heteroatoms.